The average Bonchev–Trinajstić information content (AvgIpc) is 3.10. The molecule has 0 atom stereocenters. The normalized spacial score (nSPS) is 14.1. The standard InChI is InChI=1S/C25H30N4O2S/c1-2-31-22-10-6-5-9-21(22)25-28-20(18-32-25)15-24(30)27-17-19-11-12-23(26-16-19)29-13-7-3-4-8-14-29/h5-6,9-12,16,18H,2-4,7-8,13-15,17H2,1H3,(H,27,30). The molecule has 3 heterocycles. The van der Waals surface area contributed by atoms with Crippen LogP contribution in [0.5, 0.6) is 5.75 Å². The molecule has 0 bridgehead atoms. The fourth-order valence-electron chi connectivity index (χ4n) is 3.87. The van der Waals surface area contributed by atoms with Gasteiger partial charge in [-0.05, 0) is 43.5 Å². The number of nitrogens with one attached hydrogen (secondary N) is 1. The molecule has 6 nitrogen and oxygen atoms in total. The van der Waals surface area contributed by atoms with Gasteiger partial charge in [0.25, 0.3) is 0 Å². The van der Waals surface area contributed by atoms with Crippen LogP contribution in [-0.2, 0) is 17.8 Å². The second kappa shape index (κ2) is 11.1. The lowest BCUT2D eigenvalue weighted by atomic mass is 10.2. The Balaban J connectivity index is 1.30. The zero-order valence-corrected chi connectivity index (χ0v) is 19.4. The highest BCUT2D eigenvalue weighted by Gasteiger charge is 2.13. The van der Waals surface area contributed by atoms with Crippen LogP contribution in [0.3, 0.4) is 0 Å². The number of anilines is 1. The highest BCUT2D eigenvalue weighted by Crippen LogP contribution is 2.32. The van der Waals surface area contributed by atoms with Crippen LogP contribution in [0.25, 0.3) is 10.6 Å². The molecule has 1 N–H and O–H groups in total. The lowest BCUT2D eigenvalue weighted by molar-refractivity contribution is -0.120. The van der Waals surface area contributed by atoms with Crippen molar-refractivity contribution < 1.29 is 9.53 Å². The third kappa shape index (κ3) is 5.85. The van der Waals surface area contributed by atoms with Crippen molar-refractivity contribution in [2.24, 2.45) is 0 Å². The van der Waals surface area contributed by atoms with Crippen LogP contribution in [0, 0.1) is 0 Å². The number of aromatic nitrogens is 2. The Labute approximate surface area is 193 Å². The first kappa shape index (κ1) is 22.3. The predicted octanol–water partition coefficient (Wildman–Crippen LogP) is 4.84. The Bertz CT molecular complexity index is 1010. The number of hydrogen-bond donors (Lipinski definition) is 1. The Morgan fingerprint density at radius 2 is 1.94 bits per heavy atom. The molecule has 0 spiro atoms. The SMILES string of the molecule is CCOc1ccccc1-c1nc(CC(=O)NCc2ccc(N3CCCCCC3)nc2)cs1. The third-order valence-electron chi connectivity index (χ3n) is 5.54. The van der Waals surface area contributed by atoms with Crippen molar-refractivity contribution >= 4 is 23.1 Å². The van der Waals surface area contributed by atoms with Crippen molar-refractivity contribution in [3.8, 4) is 16.3 Å². The Morgan fingerprint density at radius 1 is 1.12 bits per heavy atom. The lowest BCUT2D eigenvalue weighted by Crippen LogP contribution is -2.26. The molecule has 0 saturated carbocycles. The summed E-state index contributed by atoms with van der Waals surface area (Å²) in [6, 6.07) is 12.0. The van der Waals surface area contributed by atoms with Crippen LogP contribution < -0.4 is 15.0 Å². The van der Waals surface area contributed by atoms with Gasteiger partial charge in [-0.3, -0.25) is 4.79 Å². The summed E-state index contributed by atoms with van der Waals surface area (Å²) < 4.78 is 5.70. The first-order valence-corrected chi connectivity index (χ1v) is 12.2. The van der Waals surface area contributed by atoms with Crippen molar-refractivity contribution in [3.63, 3.8) is 0 Å². The van der Waals surface area contributed by atoms with Gasteiger partial charge in [-0.1, -0.05) is 31.0 Å². The molecule has 32 heavy (non-hydrogen) atoms. The summed E-state index contributed by atoms with van der Waals surface area (Å²) in [5, 5.41) is 5.79. The minimum absolute atomic E-state index is 0.0449. The first-order valence-electron chi connectivity index (χ1n) is 11.4. The number of ether oxygens (including phenoxy) is 1. The largest absolute Gasteiger partial charge is 0.493 e. The van der Waals surface area contributed by atoms with Gasteiger partial charge in [-0.25, -0.2) is 9.97 Å². The van der Waals surface area contributed by atoms with Crippen LogP contribution in [0.15, 0.2) is 48.0 Å². The Hall–Kier alpha value is -2.93. The van der Waals surface area contributed by atoms with E-state index in [4.69, 9.17) is 4.74 Å². The summed E-state index contributed by atoms with van der Waals surface area (Å²) >= 11 is 1.53. The smallest absolute Gasteiger partial charge is 0.226 e. The van der Waals surface area contributed by atoms with Crippen molar-refractivity contribution in [2.75, 3.05) is 24.6 Å². The molecule has 0 radical (unpaired) electrons. The third-order valence-corrected chi connectivity index (χ3v) is 6.46. The predicted molar refractivity (Wildman–Crippen MR) is 129 cm³/mol. The fraction of sp³-hybridized carbons (Fsp3) is 0.400. The molecule has 0 unspecified atom stereocenters. The highest BCUT2D eigenvalue weighted by atomic mass is 32.1. The molecule has 0 aliphatic carbocycles. The number of pyridine rings is 1. The molecule has 168 valence electrons. The molecular formula is C25H30N4O2S. The van der Waals surface area contributed by atoms with E-state index in [1.807, 2.05) is 42.8 Å². The van der Waals surface area contributed by atoms with E-state index in [-0.39, 0.29) is 12.3 Å². The van der Waals surface area contributed by atoms with Crippen molar-refractivity contribution in [2.45, 2.75) is 45.6 Å². The van der Waals surface area contributed by atoms with Crippen molar-refractivity contribution in [1.82, 2.24) is 15.3 Å². The minimum atomic E-state index is -0.0449. The number of benzene rings is 1. The summed E-state index contributed by atoms with van der Waals surface area (Å²) in [7, 11) is 0. The molecule has 1 amide bonds. The van der Waals surface area contributed by atoms with Gasteiger partial charge in [0, 0.05) is 31.2 Å². The quantitative estimate of drug-likeness (QED) is 0.532. The van der Waals surface area contributed by atoms with Gasteiger partial charge in [-0.15, -0.1) is 11.3 Å². The summed E-state index contributed by atoms with van der Waals surface area (Å²) in [5.41, 5.74) is 2.73. The van der Waals surface area contributed by atoms with Crippen LogP contribution >= 0.6 is 11.3 Å². The first-order chi connectivity index (χ1) is 15.7. The Morgan fingerprint density at radius 3 is 2.69 bits per heavy atom. The maximum atomic E-state index is 12.5. The number of amides is 1. The van der Waals surface area contributed by atoms with E-state index in [9.17, 15) is 4.79 Å². The molecule has 1 aliphatic rings. The molecule has 1 aromatic carbocycles. The van der Waals surface area contributed by atoms with Gasteiger partial charge in [0.05, 0.1) is 24.3 Å². The number of rotatable bonds is 8. The van der Waals surface area contributed by atoms with E-state index < -0.39 is 0 Å². The molecule has 3 aromatic rings. The monoisotopic (exact) mass is 450 g/mol. The highest BCUT2D eigenvalue weighted by molar-refractivity contribution is 7.13. The lowest BCUT2D eigenvalue weighted by Gasteiger charge is -2.21. The fourth-order valence-corrected chi connectivity index (χ4v) is 4.72. The zero-order chi connectivity index (χ0) is 22.2. The van der Waals surface area contributed by atoms with Gasteiger partial charge >= 0.3 is 0 Å². The number of hydrogen-bond acceptors (Lipinski definition) is 6. The minimum Gasteiger partial charge on any atom is -0.493 e. The molecule has 2 aromatic heterocycles. The molecule has 1 saturated heterocycles. The van der Waals surface area contributed by atoms with Crippen LogP contribution in [-0.4, -0.2) is 35.6 Å². The summed E-state index contributed by atoms with van der Waals surface area (Å²) in [6.45, 7) is 5.19. The van der Waals surface area contributed by atoms with Crippen LogP contribution in [0.1, 0.15) is 43.9 Å². The Kier molecular flexibility index (Phi) is 7.72. The van der Waals surface area contributed by atoms with E-state index in [0.29, 0.717) is 13.2 Å². The van der Waals surface area contributed by atoms with Crippen LogP contribution in [0.2, 0.25) is 0 Å². The van der Waals surface area contributed by atoms with E-state index in [2.05, 4.69) is 32.3 Å². The maximum Gasteiger partial charge on any atom is 0.226 e. The van der Waals surface area contributed by atoms with Crippen molar-refractivity contribution in [1.29, 1.82) is 0 Å². The molecular weight excluding hydrogens is 420 g/mol. The van der Waals surface area contributed by atoms with Crippen molar-refractivity contribution in [3.05, 3.63) is 59.2 Å². The van der Waals surface area contributed by atoms with Gasteiger partial charge in [-0.2, -0.15) is 0 Å². The van der Waals surface area contributed by atoms with Gasteiger partial charge < -0.3 is 15.0 Å². The number of thiazole rings is 1. The number of carbonyl (C=O) groups excluding carboxylic acids is 1. The number of para-hydroxylation sites is 1. The maximum absolute atomic E-state index is 12.5. The van der Waals surface area contributed by atoms with E-state index in [1.165, 1.54) is 37.0 Å². The van der Waals surface area contributed by atoms with E-state index in [0.717, 1.165) is 46.5 Å². The number of nitrogens with zero attached hydrogens (tertiary/aromatic N) is 3. The molecule has 1 aliphatic heterocycles. The summed E-state index contributed by atoms with van der Waals surface area (Å²) in [5.74, 6) is 1.80. The van der Waals surface area contributed by atoms with E-state index in [1.54, 1.807) is 0 Å². The second-order valence-corrected chi connectivity index (χ2v) is 8.81. The van der Waals surface area contributed by atoms with Gasteiger partial charge in [0.15, 0.2) is 0 Å². The molecule has 7 heteroatoms. The number of carbonyl (C=O) groups is 1. The zero-order valence-electron chi connectivity index (χ0n) is 18.5. The molecule has 4 rings (SSSR count). The average molecular weight is 451 g/mol. The van der Waals surface area contributed by atoms with Gasteiger partial charge in [0.2, 0.25) is 5.91 Å². The van der Waals surface area contributed by atoms with Gasteiger partial charge in [0.1, 0.15) is 16.6 Å². The second-order valence-electron chi connectivity index (χ2n) is 7.95. The summed E-state index contributed by atoms with van der Waals surface area (Å²) in [6.07, 6.45) is 7.20. The van der Waals surface area contributed by atoms with Crippen LogP contribution in [0.4, 0.5) is 5.82 Å². The topological polar surface area (TPSA) is 67.3 Å². The molecule has 1 fully saturated rings. The summed E-state index contributed by atoms with van der Waals surface area (Å²) in [4.78, 5) is 24.1. The van der Waals surface area contributed by atoms with E-state index >= 15 is 0 Å².